The summed E-state index contributed by atoms with van der Waals surface area (Å²) >= 11 is 5.94. The summed E-state index contributed by atoms with van der Waals surface area (Å²) in [6.07, 6.45) is 0.553. The number of halogens is 2. The lowest BCUT2D eigenvalue weighted by atomic mass is 9.91. The van der Waals surface area contributed by atoms with Crippen LogP contribution in [0, 0.1) is 0 Å². The first-order chi connectivity index (χ1) is 10.3. The lowest BCUT2D eigenvalue weighted by Gasteiger charge is -2.40. The van der Waals surface area contributed by atoms with E-state index in [9.17, 15) is 17.9 Å². The normalized spacial score (nSPS) is 29.5. The van der Waals surface area contributed by atoms with Crippen LogP contribution >= 0.6 is 11.6 Å². The molecule has 1 heterocycles. The molecule has 3 rings (SSSR count). The van der Waals surface area contributed by atoms with Crippen molar-refractivity contribution in [2.24, 2.45) is 0 Å². The van der Waals surface area contributed by atoms with Crippen molar-refractivity contribution in [1.82, 2.24) is 4.90 Å². The third kappa shape index (κ3) is 2.55. The lowest BCUT2D eigenvalue weighted by molar-refractivity contribution is 0.150. The van der Waals surface area contributed by atoms with E-state index >= 15 is 0 Å². The number of hydrogen-bond acceptors (Lipinski definition) is 5. The van der Waals surface area contributed by atoms with Crippen LogP contribution in [0.15, 0.2) is 17.0 Å². The second-order valence-corrected chi connectivity index (χ2v) is 8.56. The van der Waals surface area contributed by atoms with E-state index in [1.165, 1.54) is 12.1 Å². The highest BCUT2D eigenvalue weighted by Crippen LogP contribution is 2.43. The van der Waals surface area contributed by atoms with Gasteiger partial charge in [0.15, 0.2) is 15.6 Å². The fourth-order valence-corrected chi connectivity index (χ4v) is 5.65. The first kappa shape index (κ1) is 15.8. The summed E-state index contributed by atoms with van der Waals surface area (Å²) in [7, 11) is -3.74. The summed E-state index contributed by atoms with van der Waals surface area (Å²) < 4.78 is 38.5. The minimum atomic E-state index is -3.74. The monoisotopic (exact) mass is 348 g/mol. The van der Waals surface area contributed by atoms with E-state index < -0.39 is 27.0 Å². The van der Waals surface area contributed by atoms with Crippen molar-refractivity contribution in [2.75, 3.05) is 18.8 Å². The molecule has 5 nitrogen and oxygen atoms in total. The first-order valence-corrected chi connectivity index (χ1v) is 9.12. The van der Waals surface area contributed by atoms with Crippen LogP contribution in [0.25, 0.3) is 0 Å². The molecule has 1 atom stereocenters. The highest BCUT2D eigenvalue weighted by atomic mass is 35.5. The van der Waals surface area contributed by atoms with Gasteiger partial charge in [0, 0.05) is 19.1 Å². The van der Waals surface area contributed by atoms with Gasteiger partial charge < -0.3 is 10.8 Å². The topological polar surface area (TPSA) is 83.6 Å². The maximum atomic E-state index is 13.2. The van der Waals surface area contributed by atoms with E-state index in [1.807, 2.05) is 4.90 Å². The molecule has 1 aromatic carbocycles. The van der Waals surface area contributed by atoms with Gasteiger partial charge in [-0.25, -0.2) is 12.8 Å². The van der Waals surface area contributed by atoms with Gasteiger partial charge in [-0.3, -0.25) is 4.90 Å². The summed E-state index contributed by atoms with van der Waals surface area (Å²) in [5.41, 5.74) is 5.55. The molecule has 122 valence electrons. The Kier molecular flexibility index (Phi) is 3.99. The Labute approximate surface area is 133 Å². The average Bonchev–Trinajstić information content (AvgIpc) is 2.78. The Bertz CT molecular complexity index is 692. The number of nitrogens with zero attached hydrogens (tertiary/aromatic N) is 1. The predicted molar refractivity (Wildman–Crippen MR) is 82.6 cm³/mol. The average molecular weight is 349 g/mol. The van der Waals surface area contributed by atoms with Crippen LogP contribution in [-0.2, 0) is 9.84 Å². The first-order valence-electron chi connectivity index (χ1n) is 7.19. The number of anilines is 1. The van der Waals surface area contributed by atoms with Crippen molar-refractivity contribution in [3.8, 4) is 5.75 Å². The van der Waals surface area contributed by atoms with E-state index in [-0.39, 0.29) is 21.6 Å². The zero-order valence-electron chi connectivity index (χ0n) is 11.9. The summed E-state index contributed by atoms with van der Waals surface area (Å²) in [5.74, 6) is -0.485. The molecule has 1 aromatic rings. The van der Waals surface area contributed by atoms with Crippen molar-refractivity contribution in [1.29, 1.82) is 0 Å². The van der Waals surface area contributed by atoms with Crippen LogP contribution in [-0.4, -0.2) is 49.0 Å². The zero-order chi connectivity index (χ0) is 16.1. The number of phenols is 1. The van der Waals surface area contributed by atoms with Gasteiger partial charge in [0.1, 0.15) is 11.1 Å². The molecular weight excluding hydrogens is 331 g/mol. The summed E-state index contributed by atoms with van der Waals surface area (Å²) in [4.78, 5) is 1.71. The molecule has 0 bridgehead atoms. The van der Waals surface area contributed by atoms with E-state index in [1.54, 1.807) is 0 Å². The molecule has 22 heavy (non-hydrogen) atoms. The Hall–Kier alpha value is -1.05. The smallest absolute Gasteiger partial charge is 0.186 e. The Balaban J connectivity index is 1.78. The van der Waals surface area contributed by atoms with Crippen molar-refractivity contribution >= 4 is 27.1 Å². The number of phenolic OH excluding ortho intramolecular Hbond substituents is 1. The fraction of sp³-hybridized carbons (Fsp3) is 0.571. The minimum Gasteiger partial charge on any atom is -0.504 e. The van der Waals surface area contributed by atoms with Crippen LogP contribution in [0.4, 0.5) is 10.1 Å². The molecular formula is C14H18ClFN2O3S. The highest BCUT2D eigenvalue weighted by Gasteiger charge is 2.45. The van der Waals surface area contributed by atoms with E-state index in [0.717, 1.165) is 0 Å². The predicted octanol–water partition coefficient (Wildman–Crippen LogP) is 1.98. The number of nitrogens with two attached hydrogens (primary N) is 1. The molecule has 1 unspecified atom stereocenters. The van der Waals surface area contributed by atoms with Crippen LogP contribution in [0.5, 0.6) is 5.75 Å². The molecule has 0 amide bonds. The van der Waals surface area contributed by atoms with Crippen molar-refractivity contribution in [3.05, 3.63) is 17.2 Å². The molecule has 1 saturated heterocycles. The standard InChI is InChI=1S/C14H18ClFN2O3S/c15-11-1-2-12(17)13(19)14(11)22(20,21)10-5-9(6-10)18-4-3-8(16)7-18/h1-2,8-10,19H,3-7,17H2. The molecule has 0 radical (unpaired) electrons. The maximum absolute atomic E-state index is 13.2. The Morgan fingerprint density at radius 2 is 2.05 bits per heavy atom. The van der Waals surface area contributed by atoms with Gasteiger partial charge >= 0.3 is 0 Å². The second-order valence-electron chi connectivity index (χ2n) is 5.99. The Morgan fingerprint density at radius 1 is 1.36 bits per heavy atom. The largest absolute Gasteiger partial charge is 0.504 e. The number of alkyl halides is 1. The molecule has 2 aliphatic rings. The van der Waals surface area contributed by atoms with Gasteiger partial charge in [-0.05, 0) is 31.4 Å². The maximum Gasteiger partial charge on any atom is 0.186 e. The summed E-state index contributed by atoms with van der Waals surface area (Å²) in [6, 6.07) is 2.82. The number of nitrogen functional groups attached to an aromatic ring is 1. The highest BCUT2D eigenvalue weighted by molar-refractivity contribution is 7.92. The van der Waals surface area contributed by atoms with Gasteiger partial charge in [0.25, 0.3) is 0 Å². The number of rotatable bonds is 3. The van der Waals surface area contributed by atoms with Crippen LogP contribution in [0.1, 0.15) is 19.3 Å². The molecule has 0 spiro atoms. The molecule has 1 saturated carbocycles. The quantitative estimate of drug-likeness (QED) is 0.644. The molecule has 1 aliphatic heterocycles. The van der Waals surface area contributed by atoms with Crippen LogP contribution < -0.4 is 5.73 Å². The zero-order valence-corrected chi connectivity index (χ0v) is 13.4. The molecule has 2 fully saturated rings. The van der Waals surface area contributed by atoms with Crippen molar-refractivity contribution < 1.29 is 17.9 Å². The summed E-state index contributed by atoms with van der Waals surface area (Å²) in [6.45, 7) is 1.05. The Morgan fingerprint density at radius 3 is 2.64 bits per heavy atom. The van der Waals surface area contributed by atoms with Gasteiger partial charge in [-0.15, -0.1) is 0 Å². The lowest BCUT2D eigenvalue weighted by Crippen LogP contribution is -2.49. The number of hydrogen-bond donors (Lipinski definition) is 2. The second kappa shape index (κ2) is 5.54. The third-order valence-electron chi connectivity index (χ3n) is 4.59. The fourth-order valence-electron chi connectivity index (χ4n) is 3.16. The number of likely N-dealkylation sites (tertiary alicyclic amines) is 1. The minimum absolute atomic E-state index is 0.0151. The van der Waals surface area contributed by atoms with E-state index in [0.29, 0.717) is 32.4 Å². The van der Waals surface area contributed by atoms with Gasteiger partial charge in [-0.2, -0.15) is 0 Å². The third-order valence-corrected chi connectivity index (χ3v) is 7.26. The molecule has 1 aliphatic carbocycles. The van der Waals surface area contributed by atoms with Crippen LogP contribution in [0.3, 0.4) is 0 Å². The van der Waals surface area contributed by atoms with Crippen molar-refractivity contribution in [2.45, 2.75) is 41.6 Å². The van der Waals surface area contributed by atoms with Gasteiger partial charge in [0.2, 0.25) is 0 Å². The summed E-state index contributed by atoms with van der Waals surface area (Å²) in [5, 5.41) is 9.31. The molecule has 3 N–H and O–H groups in total. The van der Waals surface area contributed by atoms with Gasteiger partial charge in [-0.1, -0.05) is 11.6 Å². The van der Waals surface area contributed by atoms with E-state index in [2.05, 4.69) is 0 Å². The van der Waals surface area contributed by atoms with E-state index in [4.69, 9.17) is 17.3 Å². The van der Waals surface area contributed by atoms with Crippen molar-refractivity contribution in [3.63, 3.8) is 0 Å². The molecule has 0 aromatic heterocycles. The number of sulfone groups is 1. The number of aromatic hydroxyl groups is 1. The molecule has 8 heteroatoms. The van der Waals surface area contributed by atoms with Crippen LogP contribution in [0.2, 0.25) is 5.02 Å². The SMILES string of the molecule is Nc1ccc(Cl)c(S(=O)(=O)C2CC(N3CCC(F)C3)C2)c1O. The number of benzene rings is 1. The van der Waals surface area contributed by atoms with Gasteiger partial charge in [0.05, 0.1) is 16.0 Å².